The zero-order valence-electron chi connectivity index (χ0n) is 12.9. The van der Waals surface area contributed by atoms with Crippen LogP contribution in [0.1, 0.15) is 5.56 Å². The quantitative estimate of drug-likeness (QED) is 0.658. The highest BCUT2D eigenvalue weighted by atomic mass is 32.3. The number of ether oxygens (including phenoxy) is 1. The van der Waals surface area contributed by atoms with E-state index in [9.17, 15) is 21.1 Å². The second kappa shape index (κ2) is 7.08. The molecule has 0 bridgehead atoms. The molecule has 10 heteroatoms. The fourth-order valence-electron chi connectivity index (χ4n) is 2.21. The van der Waals surface area contributed by atoms with E-state index in [1.165, 1.54) is 24.4 Å². The summed E-state index contributed by atoms with van der Waals surface area (Å²) in [7, 11) is -5.13. The van der Waals surface area contributed by atoms with E-state index in [4.69, 9.17) is 4.74 Å². The predicted molar refractivity (Wildman–Crippen MR) is 85.4 cm³/mol. The lowest BCUT2D eigenvalue weighted by atomic mass is 10.1. The Morgan fingerprint density at radius 1 is 1.00 bits per heavy atom. The third-order valence-corrected chi connectivity index (χ3v) is 3.77. The van der Waals surface area contributed by atoms with Crippen LogP contribution in [0.4, 0.5) is 12.7 Å². The van der Waals surface area contributed by atoms with E-state index in [1.807, 2.05) is 0 Å². The van der Waals surface area contributed by atoms with E-state index < -0.39 is 28.7 Å². The van der Waals surface area contributed by atoms with Gasteiger partial charge in [-0.15, -0.1) is 0 Å². The minimum atomic E-state index is -5.13. The summed E-state index contributed by atoms with van der Waals surface area (Å²) in [6.45, 7) is -0.415. The Morgan fingerprint density at radius 3 is 2.31 bits per heavy atom. The molecule has 1 aromatic heterocycles. The Bertz CT molecular complexity index is 1010. The van der Waals surface area contributed by atoms with Gasteiger partial charge < -0.3 is 8.92 Å². The summed E-state index contributed by atoms with van der Waals surface area (Å²) in [5.41, 5.74) is 0.237. The first-order valence-electron chi connectivity index (χ1n) is 7.17. The standard InChI is InChI=1S/C16H11F3N2O4S/c17-14-6-5-12(15-7-8-20-21-15)16(18)13(14)9-24-10-1-3-11(4-2-10)25-26(19,22)23/h1-8H,9H2,(H,20,21). The largest absolute Gasteiger partial charge is 0.489 e. The first-order chi connectivity index (χ1) is 12.3. The smallest absolute Gasteiger partial charge is 0.488 e. The third kappa shape index (κ3) is 4.14. The lowest BCUT2D eigenvalue weighted by Gasteiger charge is -2.11. The Balaban J connectivity index is 1.76. The molecule has 3 rings (SSSR count). The van der Waals surface area contributed by atoms with Gasteiger partial charge >= 0.3 is 10.5 Å². The maximum atomic E-state index is 14.6. The van der Waals surface area contributed by atoms with Crippen molar-refractivity contribution >= 4 is 10.5 Å². The molecule has 3 aromatic rings. The van der Waals surface area contributed by atoms with E-state index in [1.54, 1.807) is 6.07 Å². The second-order valence-corrected chi connectivity index (χ2v) is 6.05. The van der Waals surface area contributed by atoms with Gasteiger partial charge in [0.25, 0.3) is 0 Å². The van der Waals surface area contributed by atoms with Crippen molar-refractivity contribution in [3.8, 4) is 22.8 Å². The van der Waals surface area contributed by atoms with Crippen molar-refractivity contribution < 1.29 is 30.0 Å². The zero-order valence-corrected chi connectivity index (χ0v) is 13.8. The van der Waals surface area contributed by atoms with Crippen LogP contribution >= 0.6 is 0 Å². The molecule has 1 heterocycles. The molecule has 1 N–H and O–H groups in total. The lowest BCUT2D eigenvalue weighted by molar-refractivity contribution is 0.292. The maximum Gasteiger partial charge on any atom is 0.488 e. The highest BCUT2D eigenvalue weighted by Gasteiger charge is 2.16. The maximum absolute atomic E-state index is 14.6. The van der Waals surface area contributed by atoms with Crippen molar-refractivity contribution in [2.24, 2.45) is 0 Å². The number of hydrogen-bond donors (Lipinski definition) is 1. The number of aromatic amines is 1. The van der Waals surface area contributed by atoms with Gasteiger partial charge in [0.2, 0.25) is 0 Å². The molecule has 2 aromatic carbocycles. The summed E-state index contributed by atoms with van der Waals surface area (Å²) >= 11 is 0. The van der Waals surface area contributed by atoms with Crippen LogP contribution in [0.15, 0.2) is 48.7 Å². The molecular weight excluding hydrogens is 373 g/mol. The molecule has 0 radical (unpaired) electrons. The average molecular weight is 384 g/mol. The minimum Gasteiger partial charge on any atom is -0.489 e. The van der Waals surface area contributed by atoms with Gasteiger partial charge in [-0.1, -0.05) is 3.89 Å². The molecule has 0 atom stereocenters. The summed E-state index contributed by atoms with van der Waals surface area (Å²) in [5, 5.41) is 6.31. The Labute approximate surface area is 146 Å². The summed E-state index contributed by atoms with van der Waals surface area (Å²) in [6, 6.07) is 8.76. The molecule has 0 spiro atoms. The van der Waals surface area contributed by atoms with Crippen molar-refractivity contribution in [2.45, 2.75) is 6.61 Å². The normalized spacial score (nSPS) is 11.3. The fraction of sp³-hybridized carbons (Fsp3) is 0.0625. The number of nitrogens with one attached hydrogen (secondary N) is 1. The SMILES string of the molecule is O=S(=O)(F)Oc1ccc(OCc2c(F)ccc(-c3ccn[nH]3)c2F)cc1. The van der Waals surface area contributed by atoms with Crippen molar-refractivity contribution in [1.29, 1.82) is 0 Å². The number of halogens is 3. The molecule has 6 nitrogen and oxygen atoms in total. The number of benzene rings is 2. The lowest BCUT2D eigenvalue weighted by Crippen LogP contribution is -2.04. The van der Waals surface area contributed by atoms with Crippen molar-refractivity contribution in [3.63, 3.8) is 0 Å². The summed E-state index contributed by atoms with van der Waals surface area (Å²) < 4.78 is 71.0. The van der Waals surface area contributed by atoms with Gasteiger partial charge in [-0.2, -0.15) is 13.5 Å². The highest BCUT2D eigenvalue weighted by Crippen LogP contribution is 2.27. The van der Waals surface area contributed by atoms with Gasteiger partial charge in [0.1, 0.15) is 29.7 Å². The number of nitrogens with zero attached hydrogens (tertiary/aromatic N) is 1. The number of hydrogen-bond acceptors (Lipinski definition) is 5. The third-order valence-electron chi connectivity index (χ3n) is 3.38. The minimum absolute atomic E-state index is 0.138. The summed E-state index contributed by atoms with van der Waals surface area (Å²) in [6.07, 6.45) is 1.44. The molecule has 0 amide bonds. The van der Waals surface area contributed by atoms with Crippen LogP contribution < -0.4 is 8.92 Å². The monoisotopic (exact) mass is 384 g/mol. The zero-order chi connectivity index (χ0) is 18.7. The average Bonchev–Trinajstić information content (AvgIpc) is 3.09. The molecule has 0 saturated carbocycles. The molecule has 0 aliphatic rings. The predicted octanol–water partition coefficient (Wildman–Crippen LogP) is 3.53. The van der Waals surface area contributed by atoms with E-state index in [0.717, 1.165) is 18.2 Å². The van der Waals surface area contributed by atoms with Crippen LogP contribution in [0.5, 0.6) is 11.5 Å². The van der Waals surface area contributed by atoms with Crippen LogP contribution in [0.3, 0.4) is 0 Å². The molecule has 0 aliphatic carbocycles. The highest BCUT2D eigenvalue weighted by molar-refractivity contribution is 7.81. The molecule has 0 unspecified atom stereocenters. The van der Waals surface area contributed by atoms with Crippen LogP contribution in [0.25, 0.3) is 11.3 Å². The van der Waals surface area contributed by atoms with Crippen molar-refractivity contribution in [3.05, 3.63) is 65.9 Å². The van der Waals surface area contributed by atoms with Crippen molar-refractivity contribution in [2.75, 3.05) is 0 Å². The first-order valence-corrected chi connectivity index (χ1v) is 8.48. The van der Waals surface area contributed by atoms with Crippen LogP contribution in [-0.4, -0.2) is 18.6 Å². The van der Waals surface area contributed by atoms with E-state index in [0.29, 0.717) is 5.69 Å². The molecule has 26 heavy (non-hydrogen) atoms. The Kier molecular flexibility index (Phi) is 4.85. The Morgan fingerprint density at radius 2 is 1.69 bits per heavy atom. The molecule has 0 saturated heterocycles. The molecule has 0 fully saturated rings. The summed E-state index contributed by atoms with van der Waals surface area (Å²) in [4.78, 5) is 0. The van der Waals surface area contributed by atoms with E-state index in [2.05, 4.69) is 14.4 Å². The Hall–Kier alpha value is -3.01. The topological polar surface area (TPSA) is 81.3 Å². The van der Waals surface area contributed by atoms with Gasteiger partial charge in [0.05, 0.1) is 11.3 Å². The molecule has 136 valence electrons. The number of aromatic nitrogens is 2. The molecule has 0 aliphatic heterocycles. The van der Waals surface area contributed by atoms with Gasteiger partial charge in [-0.25, -0.2) is 8.78 Å². The van der Waals surface area contributed by atoms with E-state index >= 15 is 0 Å². The van der Waals surface area contributed by atoms with Gasteiger partial charge in [-0.05, 0) is 42.5 Å². The van der Waals surface area contributed by atoms with Gasteiger partial charge in [0.15, 0.2) is 0 Å². The number of H-pyrrole nitrogens is 1. The summed E-state index contributed by atoms with van der Waals surface area (Å²) in [5.74, 6) is -1.66. The molecular formula is C16H11F3N2O4S. The van der Waals surface area contributed by atoms with Crippen LogP contribution in [0.2, 0.25) is 0 Å². The van der Waals surface area contributed by atoms with Crippen LogP contribution in [-0.2, 0) is 17.1 Å². The van der Waals surface area contributed by atoms with Crippen LogP contribution in [0, 0.1) is 11.6 Å². The van der Waals surface area contributed by atoms with E-state index in [-0.39, 0.29) is 22.6 Å². The fourth-order valence-corrected chi connectivity index (χ4v) is 2.55. The van der Waals surface area contributed by atoms with Crippen molar-refractivity contribution in [1.82, 2.24) is 10.2 Å². The van der Waals surface area contributed by atoms with Gasteiger partial charge in [-0.3, -0.25) is 5.10 Å². The second-order valence-electron chi connectivity index (χ2n) is 5.09. The number of rotatable bonds is 6. The van der Waals surface area contributed by atoms with Gasteiger partial charge in [0, 0.05) is 11.8 Å². The first kappa shape index (κ1) is 17.8.